The number of ether oxygens (including phenoxy) is 1. The molecule has 0 aliphatic heterocycles. The molecule has 0 radical (unpaired) electrons. The number of benzene rings is 1. The Balaban J connectivity index is 1.74. The Labute approximate surface area is 154 Å². The minimum Gasteiger partial charge on any atom is -0.496 e. The maximum absolute atomic E-state index is 12.7. The van der Waals surface area contributed by atoms with Gasteiger partial charge in [-0.2, -0.15) is 0 Å². The van der Waals surface area contributed by atoms with Gasteiger partial charge in [-0.15, -0.1) is 0 Å². The number of nitrogens with one attached hydrogen (secondary N) is 1. The Morgan fingerprint density at radius 1 is 1.19 bits per heavy atom. The average molecular weight is 351 g/mol. The van der Waals surface area contributed by atoms with Gasteiger partial charge in [0.15, 0.2) is 5.69 Å². The lowest BCUT2D eigenvalue weighted by atomic mass is 10.1. The topological polar surface area (TPSA) is 55.6 Å². The number of imidazole rings is 1. The van der Waals surface area contributed by atoms with Crippen molar-refractivity contribution in [3.63, 3.8) is 0 Å². The van der Waals surface area contributed by atoms with E-state index in [0.29, 0.717) is 24.6 Å². The number of methoxy groups -OCH3 is 1. The molecule has 2 heterocycles. The number of nitrogens with zero attached hydrogens (tertiary/aromatic N) is 2. The summed E-state index contributed by atoms with van der Waals surface area (Å²) in [5, 5.41) is 2.99. The van der Waals surface area contributed by atoms with E-state index >= 15 is 0 Å². The molecule has 0 saturated carbocycles. The fraction of sp³-hybridized carbons (Fsp3) is 0.333. The molecule has 0 fully saturated rings. The summed E-state index contributed by atoms with van der Waals surface area (Å²) in [5.74, 6) is 2.10. The van der Waals surface area contributed by atoms with E-state index < -0.39 is 0 Å². The van der Waals surface area contributed by atoms with Crippen LogP contribution in [0.25, 0.3) is 5.52 Å². The van der Waals surface area contributed by atoms with Crippen molar-refractivity contribution in [3.8, 4) is 5.75 Å². The maximum Gasteiger partial charge on any atom is 0.272 e. The molecule has 1 aromatic carbocycles. The molecule has 3 rings (SSSR count). The van der Waals surface area contributed by atoms with Gasteiger partial charge in [-0.1, -0.05) is 38.1 Å². The lowest BCUT2D eigenvalue weighted by Gasteiger charge is -2.08. The molecule has 0 bridgehead atoms. The highest BCUT2D eigenvalue weighted by atomic mass is 16.5. The number of hydrogen-bond donors (Lipinski definition) is 1. The molecule has 5 heteroatoms. The summed E-state index contributed by atoms with van der Waals surface area (Å²) in [4.78, 5) is 17.3. The van der Waals surface area contributed by atoms with Crippen molar-refractivity contribution < 1.29 is 9.53 Å². The van der Waals surface area contributed by atoms with Crippen molar-refractivity contribution in [2.24, 2.45) is 5.92 Å². The van der Waals surface area contributed by atoms with Crippen LogP contribution in [0.5, 0.6) is 5.75 Å². The van der Waals surface area contributed by atoms with E-state index in [1.165, 1.54) is 0 Å². The van der Waals surface area contributed by atoms with E-state index in [9.17, 15) is 4.79 Å². The minimum absolute atomic E-state index is 0.140. The number of pyridine rings is 1. The minimum atomic E-state index is -0.140. The smallest absolute Gasteiger partial charge is 0.272 e. The highest BCUT2D eigenvalue weighted by molar-refractivity contribution is 5.99. The van der Waals surface area contributed by atoms with Crippen LogP contribution in [0.4, 0.5) is 0 Å². The first-order valence-electron chi connectivity index (χ1n) is 8.96. The van der Waals surface area contributed by atoms with Gasteiger partial charge in [-0.05, 0) is 36.1 Å². The van der Waals surface area contributed by atoms with Crippen LogP contribution in [0.3, 0.4) is 0 Å². The zero-order valence-electron chi connectivity index (χ0n) is 15.5. The van der Waals surface area contributed by atoms with Crippen LogP contribution in [0.1, 0.15) is 35.7 Å². The number of aromatic nitrogens is 2. The van der Waals surface area contributed by atoms with Gasteiger partial charge >= 0.3 is 0 Å². The van der Waals surface area contributed by atoms with E-state index in [2.05, 4.69) is 24.1 Å². The second-order valence-electron chi connectivity index (χ2n) is 6.75. The zero-order valence-corrected chi connectivity index (χ0v) is 15.5. The molecule has 0 spiro atoms. The molecule has 3 aromatic rings. The van der Waals surface area contributed by atoms with Crippen LogP contribution in [0, 0.1) is 5.92 Å². The highest BCUT2D eigenvalue weighted by Gasteiger charge is 2.17. The molecule has 5 nitrogen and oxygen atoms in total. The largest absolute Gasteiger partial charge is 0.496 e. The maximum atomic E-state index is 12.7. The van der Waals surface area contributed by atoms with Crippen LogP contribution in [0.15, 0.2) is 48.7 Å². The molecule has 0 aliphatic rings. The number of amides is 1. The third kappa shape index (κ3) is 3.87. The van der Waals surface area contributed by atoms with Gasteiger partial charge in [-0.25, -0.2) is 4.98 Å². The Morgan fingerprint density at radius 2 is 1.96 bits per heavy atom. The summed E-state index contributed by atoms with van der Waals surface area (Å²) in [7, 11) is 1.66. The number of fused-ring (bicyclic) bond motifs is 1. The number of para-hydroxylation sites is 1. The quantitative estimate of drug-likeness (QED) is 0.709. The summed E-state index contributed by atoms with van der Waals surface area (Å²) in [6.45, 7) is 4.83. The van der Waals surface area contributed by atoms with Gasteiger partial charge in [0.2, 0.25) is 0 Å². The van der Waals surface area contributed by atoms with Gasteiger partial charge in [0, 0.05) is 19.2 Å². The van der Waals surface area contributed by atoms with E-state index in [4.69, 9.17) is 4.74 Å². The van der Waals surface area contributed by atoms with Crippen molar-refractivity contribution in [1.29, 1.82) is 0 Å². The van der Waals surface area contributed by atoms with Gasteiger partial charge in [0.25, 0.3) is 5.91 Å². The molecule has 0 unspecified atom stereocenters. The number of carbonyl (C=O) groups is 1. The molecule has 0 atom stereocenters. The third-order valence-corrected chi connectivity index (χ3v) is 4.30. The van der Waals surface area contributed by atoms with E-state index in [0.717, 1.165) is 29.1 Å². The van der Waals surface area contributed by atoms with Crippen molar-refractivity contribution in [2.45, 2.75) is 26.7 Å². The summed E-state index contributed by atoms with van der Waals surface area (Å²) in [5.41, 5.74) is 2.41. The first-order valence-corrected chi connectivity index (χ1v) is 8.96. The fourth-order valence-corrected chi connectivity index (χ4v) is 3.08. The zero-order chi connectivity index (χ0) is 18.5. The van der Waals surface area contributed by atoms with Crippen LogP contribution < -0.4 is 10.1 Å². The molecule has 136 valence electrons. The Bertz CT molecular complexity index is 899. The fourth-order valence-electron chi connectivity index (χ4n) is 3.08. The molecule has 1 amide bonds. The van der Waals surface area contributed by atoms with Crippen molar-refractivity contribution >= 4 is 11.4 Å². The Morgan fingerprint density at radius 3 is 2.73 bits per heavy atom. The Kier molecular flexibility index (Phi) is 5.56. The van der Waals surface area contributed by atoms with Crippen molar-refractivity contribution in [1.82, 2.24) is 14.7 Å². The normalized spacial score (nSPS) is 11.1. The predicted molar refractivity (Wildman–Crippen MR) is 103 cm³/mol. The summed E-state index contributed by atoms with van der Waals surface area (Å²) in [6.07, 6.45) is 3.51. The lowest BCUT2D eigenvalue weighted by molar-refractivity contribution is 0.0951. The third-order valence-electron chi connectivity index (χ3n) is 4.30. The van der Waals surface area contributed by atoms with Crippen LogP contribution in [-0.4, -0.2) is 28.9 Å². The second-order valence-corrected chi connectivity index (χ2v) is 6.75. The summed E-state index contributed by atoms with van der Waals surface area (Å²) < 4.78 is 7.37. The molecular formula is C21H25N3O2. The number of hydrogen-bond acceptors (Lipinski definition) is 3. The van der Waals surface area contributed by atoms with Crippen LogP contribution >= 0.6 is 0 Å². The van der Waals surface area contributed by atoms with E-state index in [1.54, 1.807) is 7.11 Å². The summed E-state index contributed by atoms with van der Waals surface area (Å²) >= 11 is 0. The van der Waals surface area contributed by atoms with Crippen LogP contribution in [-0.2, 0) is 12.8 Å². The molecule has 2 aromatic heterocycles. The molecular weight excluding hydrogens is 326 g/mol. The van der Waals surface area contributed by atoms with Gasteiger partial charge in [-0.3, -0.25) is 4.79 Å². The monoisotopic (exact) mass is 351 g/mol. The van der Waals surface area contributed by atoms with Gasteiger partial charge in [0.1, 0.15) is 11.6 Å². The molecule has 0 aliphatic carbocycles. The van der Waals surface area contributed by atoms with Gasteiger partial charge in [0.05, 0.1) is 12.6 Å². The molecule has 26 heavy (non-hydrogen) atoms. The predicted octanol–water partition coefficient (Wildman–Crippen LogP) is 3.51. The van der Waals surface area contributed by atoms with Gasteiger partial charge < -0.3 is 14.5 Å². The Hall–Kier alpha value is -2.82. The average Bonchev–Trinajstić information content (AvgIpc) is 3.00. The van der Waals surface area contributed by atoms with E-state index in [-0.39, 0.29) is 5.91 Å². The molecule has 1 N–H and O–H groups in total. The standard InChI is InChI=1S/C21H25N3O2/c1-15(2)14-19-23-20(17-9-6-7-13-24(17)19)21(25)22-12-11-16-8-4-5-10-18(16)26-3/h4-10,13,15H,11-12,14H2,1-3H3,(H,22,25). The number of rotatable bonds is 7. The number of carbonyl (C=O) groups excluding carboxylic acids is 1. The van der Waals surface area contributed by atoms with Crippen LogP contribution in [0.2, 0.25) is 0 Å². The SMILES string of the molecule is COc1ccccc1CCNC(=O)c1nc(CC(C)C)n2ccccc12. The molecule has 0 saturated heterocycles. The lowest BCUT2D eigenvalue weighted by Crippen LogP contribution is -2.26. The first-order chi connectivity index (χ1) is 12.6. The summed E-state index contributed by atoms with van der Waals surface area (Å²) in [6, 6.07) is 13.7. The first kappa shape index (κ1) is 18.0. The van der Waals surface area contributed by atoms with Crippen molar-refractivity contribution in [2.75, 3.05) is 13.7 Å². The van der Waals surface area contributed by atoms with E-state index in [1.807, 2.05) is 53.1 Å². The highest BCUT2D eigenvalue weighted by Crippen LogP contribution is 2.18. The van der Waals surface area contributed by atoms with Crippen molar-refractivity contribution in [3.05, 3.63) is 65.7 Å². The second kappa shape index (κ2) is 8.04.